The largest absolute Gasteiger partial charge is 0.497 e. The maximum Gasteiger partial charge on any atom is 0.244 e. The van der Waals surface area contributed by atoms with Crippen molar-refractivity contribution in [3.8, 4) is 5.75 Å². The average molecular weight is 463 g/mol. The minimum Gasteiger partial charge on any atom is -0.497 e. The lowest BCUT2D eigenvalue weighted by Crippen LogP contribution is -2.34. The Labute approximate surface area is 199 Å². The Morgan fingerprint density at radius 3 is 2.41 bits per heavy atom. The second-order valence-corrected chi connectivity index (χ2v) is 8.06. The molecule has 0 saturated carbocycles. The van der Waals surface area contributed by atoms with Crippen molar-refractivity contribution in [3.63, 3.8) is 0 Å². The van der Waals surface area contributed by atoms with Crippen molar-refractivity contribution in [3.05, 3.63) is 65.4 Å². The lowest BCUT2D eigenvalue weighted by Gasteiger charge is -2.11. The van der Waals surface area contributed by atoms with E-state index in [1.165, 1.54) is 10.6 Å². The number of methoxy groups -OCH3 is 1. The molecule has 0 saturated heterocycles. The van der Waals surface area contributed by atoms with Gasteiger partial charge in [0.05, 0.1) is 19.0 Å². The van der Waals surface area contributed by atoms with Crippen LogP contribution in [0, 0.1) is 6.92 Å². The first-order valence-corrected chi connectivity index (χ1v) is 11.0. The predicted molar refractivity (Wildman–Crippen MR) is 135 cm³/mol. The molecule has 0 atom stereocenters. The van der Waals surface area contributed by atoms with Crippen LogP contribution in [0.3, 0.4) is 0 Å². The molecule has 0 aliphatic heterocycles. The molecular formula is C26H30N4O4. The van der Waals surface area contributed by atoms with Gasteiger partial charge < -0.3 is 20.3 Å². The minimum absolute atomic E-state index is 0.118. The molecule has 1 aromatic heterocycles. The standard InChI is InChI=1S/C26H30N4O4/c1-18-22(23-15-21(34-4)10-11-24(23)30(18)17-31)16-26(33)28-14-13-27-25(32)12-7-19-5-8-20(9-6-19)29(2)3/h5-12,15,17H,13-14,16H2,1-4H3,(H,27,32)(H,28,33)/b12-7+. The number of ether oxygens (including phenoxy) is 1. The summed E-state index contributed by atoms with van der Waals surface area (Å²) in [6, 6.07) is 13.3. The fraction of sp³-hybridized carbons (Fsp3) is 0.269. The van der Waals surface area contributed by atoms with E-state index in [4.69, 9.17) is 4.74 Å². The first kappa shape index (κ1) is 24.6. The Bertz CT molecular complexity index is 1210. The number of hydrogen-bond donors (Lipinski definition) is 2. The van der Waals surface area contributed by atoms with Gasteiger partial charge in [0.1, 0.15) is 5.75 Å². The Morgan fingerprint density at radius 2 is 1.76 bits per heavy atom. The molecular weight excluding hydrogens is 432 g/mol. The molecule has 0 aliphatic carbocycles. The highest BCUT2D eigenvalue weighted by molar-refractivity contribution is 5.95. The number of carbonyl (C=O) groups excluding carboxylic acids is 3. The number of fused-ring (bicyclic) bond motifs is 1. The van der Waals surface area contributed by atoms with Crippen LogP contribution in [0.5, 0.6) is 5.75 Å². The molecule has 3 rings (SSSR count). The number of carbonyl (C=O) groups is 3. The SMILES string of the molecule is COc1ccc2c(c1)c(CC(=O)NCCNC(=O)/C=C/c1ccc(N(C)C)cc1)c(C)n2C=O. The summed E-state index contributed by atoms with van der Waals surface area (Å²) in [6.07, 6.45) is 4.07. The normalized spacial score (nSPS) is 10.9. The van der Waals surface area contributed by atoms with Gasteiger partial charge in [-0.3, -0.25) is 19.0 Å². The molecule has 0 bridgehead atoms. The number of nitrogens with one attached hydrogen (secondary N) is 2. The Morgan fingerprint density at radius 1 is 1.06 bits per heavy atom. The van der Waals surface area contributed by atoms with Crippen LogP contribution in [0.25, 0.3) is 17.0 Å². The number of benzene rings is 2. The van der Waals surface area contributed by atoms with Crippen molar-refractivity contribution in [1.29, 1.82) is 0 Å². The van der Waals surface area contributed by atoms with Gasteiger partial charge >= 0.3 is 0 Å². The molecule has 2 amide bonds. The average Bonchev–Trinajstić information content (AvgIpc) is 3.10. The van der Waals surface area contributed by atoms with Gasteiger partial charge in [0.25, 0.3) is 0 Å². The zero-order chi connectivity index (χ0) is 24.7. The first-order valence-electron chi connectivity index (χ1n) is 11.0. The third-order valence-electron chi connectivity index (χ3n) is 5.61. The van der Waals surface area contributed by atoms with Gasteiger partial charge in [0.15, 0.2) is 0 Å². The molecule has 0 spiro atoms. The Hall–Kier alpha value is -4.07. The van der Waals surface area contributed by atoms with E-state index in [-0.39, 0.29) is 18.2 Å². The lowest BCUT2D eigenvalue weighted by molar-refractivity contribution is -0.121. The minimum atomic E-state index is -0.233. The summed E-state index contributed by atoms with van der Waals surface area (Å²) in [4.78, 5) is 38.1. The smallest absolute Gasteiger partial charge is 0.244 e. The highest BCUT2D eigenvalue weighted by Gasteiger charge is 2.17. The molecule has 0 radical (unpaired) electrons. The fourth-order valence-corrected chi connectivity index (χ4v) is 3.70. The van der Waals surface area contributed by atoms with Crippen molar-refractivity contribution in [2.45, 2.75) is 13.3 Å². The molecule has 2 N–H and O–H groups in total. The molecule has 0 aliphatic rings. The maximum absolute atomic E-state index is 12.5. The van der Waals surface area contributed by atoms with Crippen molar-refractivity contribution >= 4 is 40.9 Å². The molecule has 0 fully saturated rings. The van der Waals surface area contributed by atoms with Crippen LogP contribution in [0.1, 0.15) is 16.8 Å². The van der Waals surface area contributed by atoms with Crippen LogP contribution in [0.15, 0.2) is 48.5 Å². The number of hydrogen-bond acceptors (Lipinski definition) is 5. The van der Waals surface area contributed by atoms with Gasteiger partial charge in [-0.1, -0.05) is 12.1 Å². The van der Waals surface area contributed by atoms with Crippen molar-refractivity contribution < 1.29 is 19.1 Å². The molecule has 34 heavy (non-hydrogen) atoms. The zero-order valence-electron chi connectivity index (χ0n) is 19.9. The molecule has 1 heterocycles. The van der Waals surface area contributed by atoms with Gasteiger partial charge in [-0.05, 0) is 54.5 Å². The highest BCUT2D eigenvalue weighted by Crippen LogP contribution is 2.29. The van der Waals surface area contributed by atoms with Gasteiger partial charge in [0, 0.05) is 50.0 Å². The summed E-state index contributed by atoms with van der Waals surface area (Å²) in [6.45, 7) is 2.41. The summed E-state index contributed by atoms with van der Waals surface area (Å²) in [5.74, 6) is 0.228. The third kappa shape index (κ3) is 5.83. The van der Waals surface area contributed by atoms with E-state index in [1.807, 2.05) is 56.3 Å². The monoisotopic (exact) mass is 462 g/mol. The highest BCUT2D eigenvalue weighted by atomic mass is 16.5. The summed E-state index contributed by atoms with van der Waals surface area (Å²) in [7, 11) is 5.51. The number of anilines is 1. The van der Waals surface area contributed by atoms with Crippen LogP contribution in [0.4, 0.5) is 5.69 Å². The molecule has 2 aromatic carbocycles. The Kier molecular flexibility index (Phi) is 8.08. The number of amides is 2. The van der Waals surface area contributed by atoms with E-state index in [0.717, 1.165) is 34.1 Å². The van der Waals surface area contributed by atoms with Crippen LogP contribution in [0.2, 0.25) is 0 Å². The third-order valence-corrected chi connectivity index (χ3v) is 5.61. The van der Waals surface area contributed by atoms with Crippen LogP contribution in [-0.2, 0) is 20.8 Å². The van der Waals surface area contributed by atoms with Gasteiger partial charge in [0.2, 0.25) is 18.2 Å². The number of rotatable bonds is 10. The van der Waals surface area contributed by atoms with Crippen LogP contribution in [-0.4, -0.2) is 57.1 Å². The number of nitrogens with zero attached hydrogens (tertiary/aromatic N) is 2. The van der Waals surface area contributed by atoms with E-state index in [0.29, 0.717) is 24.5 Å². The summed E-state index contributed by atoms with van der Waals surface area (Å²) >= 11 is 0. The van der Waals surface area contributed by atoms with Gasteiger partial charge in [-0.15, -0.1) is 0 Å². The second kappa shape index (κ2) is 11.2. The quantitative estimate of drug-likeness (QED) is 0.274. The van der Waals surface area contributed by atoms with E-state index in [1.54, 1.807) is 25.3 Å². The van der Waals surface area contributed by atoms with Gasteiger partial charge in [-0.25, -0.2) is 0 Å². The molecule has 0 unspecified atom stereocenters. The molecule has 3 aromatic rings. The van der Waals surface area contributed by atoms with Crippen molar-refractivity contribution in [1.82, 2.24) is 15.2 Å². The van der Waals surface area contributed by atoms with Crippen molar-refractivity contribution in [2.24, 2.45) is 0 Å². The molecule has 178 valence electrons. The summed E-state index contributed by atoms with van der Waals surface area (Å²) in [5, 5.41) is 6.37. The Balaban J connectivity index is 1.51. The van der Waals surface area contributed by atoms with Crippen LogP contribution >= 0.6 is 0 Å². The van der Waals surface area contributed by atoms with E-state index < -0.39 is 0 Å². The van der Waals surface area contributed by atoms with E-state index in [2.05, 4.69) is 10.6 Å². The zero-order valence-corrected chi connectivity index (χ0v) is 19.9. The van der Waals surface area contributed by atoms with Crippen LogP contribution < -0.4 is 20.3 Å². The van der Waals surface area contributed by atoms with Gasteiger partial charge in [-0.2, -0.15) is 0 Å². The van der Waals surface area contributed by atoms with E-state index >= 15 is 0 Å². The summed E-state index contributed by atoms with van der Waals surface area (Å²) in [5.41, 5.74) is 4.22. The molecule has 8 heteroatoms. The topological polar surface area (TPSA) is 92.7 Å². The predicted octanol–water partition coefficient (Wildman–Crippen LogP) is 2.55. The fourth-order valence-electron chi connectivity index (χ4n) is 3.70. The maximum atomic E-state index is 12.5. The lowest BCUT2D eigenvalue weighted by atomic mass is 10.1. The van der Waals surface area contributed by atoms with Crippen molar-refractivity contribution in [2.75, 3.05) is 39.2 Å². The van der Waals surface area contributed by atoms with E-state index in [9.17, 15) is 14.4 Å². The number of aromatic nitrogens is 1. The summed E-state index contributed by atoms with van der Waals surface area (Å²) < 4.78 is 6.81. The second-order valence-electron chi connectivity index (χ2n) is 8.06. The first-order chi connectivity index (χ1) is 16.3. The molecule has 8 nitrogen and oxygen atoms in total.